The van der Waals surface area contributed by atoms with E-state index in [0.29, 0.717) is 24.9 Å². The predicted octanol–water partition coefficient (Wildman–Crippen LogP) is 0.749. The van der Waals surface area contributed by atoms with E-state index in [2.05, 4.69) is 5.32 Å². The van der Waals surface area contributed by atoms with Gasteiger partial charge < -0.3 is 15.3 Å². The van der Waals surface area contributed by atoms with Crippen LogP contribution in [-0.4, -0.2) is 48.2 Å². The molecule has 2 fully saturated rings. The molecule has 0 aromatic heterocycles. The van der Waals surface area contributed by atoms with E-state index in [1.807, 2.05) is 4.90 Å². The van der Waals surface area contributed by atoms with Crippen molar-refractivity contribution in [3.63, 3.8) is 0 Å². The number of carbonyl (C=O) groups is 1. The molecule has 2 aliphatic rings. The van der Waals surface area contributed by atoms with E-state index in [1.165, 1.54) is 12.8 Å². The number of hydrogen-bond acceptors (Lipinski definition) is 3. The highest BCUT2D eigenvalue weighted by atomic mass is 16.3. The van der Waals surface area contributed by atoms with Gasteiger partial charge in [0.25, 0.3) is 0 Å². The summed E-state index contributed by atoms with van der Waals surface area (Å²) in [5.41, 5.74) is 0. The second-order valence-electron chi connectivity index (χ2n) is 5.29. The van der Waals surface area contributed by atoms with Crippen molar-refractivity contribution in [2.24, 2.45) is 5.92 Å². The van der Waals surface area contributed by atoms with E-state index < -0.39 is 0 Å². The largest absolute Gasteiger partial charge is 0.395 e. The maximum absolute atomic E-state index is 12.1. The SMILES string of the molecule is O=C(CCC1CCCNC1)N(CCO)C1CC1. The zero-order valence-electron chi connectivity index (χ0n) is 10.5. The molecule has 1 amide bonds. The van der Waals surface area contributed by atoms with Crippen LogP contribution in [0.3, 0.4) is 0 Å². The number of rotatable bonds is 6. The van der Waals surface area contributed by atoms with E-state index in [-0.39, 0.29) is 12.5 Å². The summed E-state index contributed by atoms with van der Waals surface area (Å²) in [5, 5.41) is 12.4. The molecule has 1 heterocycles. The molecule has 1 saturated heterocycles. The Balaban J connectivity index is 1.70. The summed E-state index contributed by atoms with van der Waals surface area (Å²) in [4.78, 5) is 13.9. The van der Waals surface area contributed by atoms with Crippen molar-refractivity contribution in [2.75, 3.05) is 26.2 Å². The van der Waals surface area contributed by atoms with Crippen molar-refractivity contribution in [3.8, 4) is 0 Å². The maximum Gasteiger partial charge on any atom is 0.222 e. The number of nitrogens with zero attached hydrogens (tertiary/aromatic N) is 1. The highest BCUT2D eigenvalue weighted by molar-refractivity contribution is 5.76. The minimum Gasteiger partial charge on any atom is -0.395 e. The quantitative estimate of drug-likeness (QED) is 0.720. The number of nitrogens with one attached hydrogen (secondary N) is 1. The molecule has 2 N–H and O–H groups in total. The summed E-state index contributed by atoms with van der Waals surface area (Å²) >= 11 is 0. The van der Waals surface area contributed by atoms with Gasteiger partial charge in [-0.15, -0.1) is 0 Å². The fourth-order valence-electron chi connectivity index (χ4n) is 2.65. The van der Waals surface area contributed by atoms with E-state index in [4.69, 9.17) is 5.11 Å². The van der Waals surface area contributed by atoms with E-state index in [1.54, 1.807) is 0 Å². The molecule has 1 aliphatic carbocycles. The Morgan fingerprint density at radius 3 is 2.76 bits per heavy atom. The number of hydrogen-bond donors (Lipinski definition) is 2. The summed E-state index contributed by atoms with van der Waals surface area (Å²) < 4.78 is 0. The summed E-state index contributed by atoms with van der Waals surface area (Å²) in [6.45, 7) is 2.81. The van der Waals surface area contributed by atoms with Gasteiger partial charge >= 0.3 is 0 Å². The van der Waals surface area contributed by atoms with Crippen molar-refractivity contribution < 1.29 is 9.90 Å². The van der Waals surface area contributed by atoms with Gasteiger partial charge in [-0.3, -0.25) is 4.79 Å². The molecule has 0 aromatic rings. The standard InChI is InChI=1S/C13H24N2O2/c16-9-8-15(12-4-5-12)13(17)6-3-11-2-1-7-14-10-11/h11-12,14,16H,1-10H2. The van der Waals surface area contributed by atoms with Gasteiger partial charge in [0.2, 0.25) is 5.91 Å². The van der Waals surface area contributed by atoms with Gasteiger partial charge in [0.05, 0.1) is 6.61 Å². The molecule has 1 saturated carbocycles. The first-order valence-corrected chi connectivity index (χ1v) is 6.92. The molecule has 0 spiro atoms. The lowest BCUT2D eigenvalue weighted by atomic mass is 9.94. The van der Waals surface area contributed by atoms with Crippen molar-refractivity contribution in [1.82, 2.24) is 10.2 Å². The molecule has 1 aliphatic heterocycles. The van der Waals surface area contributed by atoms with Crippen LogP contribution in [0.2, 0.25) is 0 Å². The lowest BCUT2D eigenvalue weighted by Gasteiger charge is -2.25. The molecule has 0 aromatic carbocycles. The Bertz CT molecular complexity index is 248. The first kappa shape index (κ1) is 12.8. The molecular weight excluding hydrogens is 216 g/mol. The fraction of sp³-hybridized carbons (Fsp3) is 0.923. The van der Waals surface area contributed by atoms with Gasteiger partial charge in [-0.25, -0.2) is 0 Å². The summed E-state index contributed by atoms with van der Waals surface area (Å²) in [7, 11) is 0. The fourth-order valence-corrected chi connectivity index (χ4v) is 2.65. The Hall–Kier alpha value is -0.610. The Labute approximate surface area is 103 Å². The van der Waals surface area contributed by atoms with Gasteiger partial charge in [0, 0.05) is 19.0 Å². The van der Waals surface area contributed by atoms with E-state index in [9.17, 15) is 4.79 Å². The predicted molar refractivity (Wildman–Crippen MR) is 66.6 cm³/mol. The molecular formula is C13H24N2O2. The molecule has 4 heteroatoms. The minimum atomic E-state index is 0.0905. The van der Waals surface area contributed by atoms with Crippen LogP contribution in [0, 0.1) is 5.92 Å². The van der Waals surface area contributed by atoms with Crippen LogP contribution in [0.25, 0.3) is 0 Å². The lowest BCUT2D eigenvalue weighted by Crippen LogP contribution is -2.36. The molecule has 0 radical (unpaired) electrons. The van der Waals surface area contributed by atoms with Gasteiger partial charge in [-0.1, -0.05) is 0 Å². The normalized spacial score (nSPS) is 24.6. The molecule has 1 atom stereocenters. The summed E-state index contributed by atoms with van der Waals surface area (Å²) in [5.74, 6) is 0.912. The van der Waals surface area contributed by atoms with Gasteiger partial charge in [0.15, 0.2) is 0 Å². The van der Waals surface area contributed by atoms with Crippen LogP contribution in [0.1, 0.15) is 38.5 Å². The molecule has 1 unspecified atom stereocenters. The molecule has 0 bridgehead atoms. The van der Waals surface area contributed by atoms with Crippen molar-refractivity contribution in [1.29, 1.82) is 0 Å². The molecule has 2 rings (SSSR count). The first-order chi connectivity index (χ1) is 8.31. The first-order valence-electron chi connectivity index (χ1n) is 6.92. The maximum atomic E-state index is 12.1. The summed E-state index contributed by atoms with van der Waals surface area (Å²) in [6.07, 6.45) is 6.39. The smallest absolute Gasteiger partial charge is 0.222 e. The molecule has 98 valence electrons. The Morgan fingerprint density at radius 1 is 1.35 bits per heavy atom. The highest BCUT2D eigenvalue weighted by Crippen LogP contribution is 2.27. The third kappa shape index (κ3) is 3.96. The zero-order valence-corrected chi connectivity index (χ0v) is 10.5. The van der Waals surface area contributed by atoms with E-state index in [0.717, 1.165) is 32.4 Å². The number of aliphatic hydroxyl groups is 1. The third-order valence-electron chi connectivity index (χ3n) is 3.81. The van der Waals surface area contributed by atoms with Crippen LogP contribution < -0.4 is 5.32 Å². The molecule has 4 nitrogen and oxygen atoms in total. The Morgan fingerprint density at radius 2 is 2.18 bits per heavy atom. The lowest BCUT2D eigenvalue weighted by molar-refractivity contribution is -0.132. The topological polar surface area (TPSA) is 52.6 Å². The van der Waals surface area contributed by atoms with Crippen LogP contribution in [-0.2, 0) is 4.79 Å². The molecule has 17 heavy (non-hydrogen) atoms. The monoisotopic (exact) mass is 240 g/mol. The second-order valence-corrected chi connectivity index (χ2v) is 5.29. The van der Waals surface area contributed by atoms with Crippen molar-refractivity contribution in [2.45, 2.75) is 44.6 Å². The van der Waals surface area contributed by atoms with Crippen LogP contribution in [0.4, 0.5) is 0 Å². The zero-order chi connectivity index (χ0) is 12.1. The third-order valence-corrected chi connectivity index (χ3v) is 3.81. The van der Waals surface area contributed by atoms with Gasteiger partial charge in [0.1, 0.15) is 0 Å². The summed E-state index contributed by atoms with van der Waals surface area (Å²) in [6, 6.07) is 0.430. The Kier molecular flexibility index (Phi) is 4.80. The highest BCUT2D eigenvalue weighted by Gasteiger charge is 2.31. The number of piperidine rings is 1. The van der Waals surface area contributed by atoms with Crippen molar-refractivity contribution >= 4 is 5.91 Å². The second kappa shape index (κ2) is 6.36. The number of carbonyl (C=O) groups excluding carboxylic acids is 1. The number of aliphatic hydroxyl groups excluding tert-OH is 1. The van der Waals surface area contributed by atoms with Gasteiger partial charge in [-0.2, -0.15) is 0 Å². The van der Waals surface area contributed by atoms with Crippen LogP contribution in [0.15, 0.2) is 0 Å². The van der Waals surface area contributed by atoms with Crippen LogP contribution in [0.5, 0.6) is 0 Å². The van der Waals surface area contributed by atoms with Crippen LogP contribution >= 0.6 is 0 Å². The van der Waals surface area contributed by atoms with Gasteiger partial charge in [-0.05, 0) is 51.1 Å². The minimum absolute atomic E-state index is 0.0905. The van der Waals surface area contributed by atoms with Crippen molar-refractivity contribution in [3.05, 3.63) is 0 Å². The number of amides is 1. The van der Waals surface area contributed by atoms with E-state index >= 15 is 0 Å². The average Bonchev–Trinajstić information content (AvgIpc) is 3.18. The average molecular weight is 240 g/mol.